The van der Waals surface area contributed by atoms with Crippen molar-refractivity contribution in [3.8, 4) is 5.82 Å². The second-order valence-corrected chi connectivity index (χ2v) is 2.91. The van der Waals surface area contributed by atoms with Crippen LogP contribution in [0, 0.1) is 0 Å². The Balaban J connectivity index is 2.42. The summed E-state index contributed by atoms with van der Waals surface area (Å²) in [6.07, 6.45) is 4.61. The third kappa shape index (κ3) is 1.90. The van der Waals surface area contributed by atoms with Crippen LogP contribution in [0.3, 0.4) is 0 Å². The average molecular weight is 218 g/mol. The molecular weight excluding hydrogens is 208 g/mol. The molecule has 0 spiro atoms. The monoisotopic (exact) mass is 218 g/mol. The molecule has 16 heavy (non-hydrogen) atoms. The van der Waals surface area contributed by atoms with Gasteiger partial charge < -0.3 is 4.74 Å². The fourth-order valence-electron chi connectivity index (χ4n) is 1.25. The number of hydrogen-bond acceptors (Lipinski definition) is 5. The van der Waals surface area contributed by atoms with Crippen LogP contribution in [0.4, 0.5) is 0 Å². The van der Waals surface area contributed by atoms with Crippen molar-refractivity contribution >= 4 is 5.97 Å². The maximum Gasteiger partial charge on any atom is 0.342 e. The summed E-state index contributed by atoms with van der Waals surface area (Å²) in [5.41, 5.74) is 0.348. The van der Waals surface area contributed by atoms with Crippen molar-refractivity contribution < 1.29 is 9.53 Å². The Kier molecular flexibility index (Phi) is 2.90. The molecule has 6 heteroatoms. The van der Waals surface area contributed by atoms with Gasteiger partial charge in [0.2, 0.25) is 0 Å². The summed E-state index contributed by atoms with van der Waals surface area (Å²) in [6, 6.07) is 3.29. The summed E-state index contributed by atoms with van der Waals surface area (Å²) in [4.78, 5) is 17.0. The predicted molar refractivity (Wildman–Crippen MR) is 55.1 cm³/mol. The molecule has 0 radical (unpaired) electrons. The molecule has 0 atom stereocenters. The predicted octanol–water partition coefficient (Wildman–Crippen LogP) is 0.839. The molecule has 2 rings (SSSR count). The fraction of sp³-hybridized carbons (Fsp3) is 0.200. The number of hydrogen-bond donors (Lipinski definition) is 0. The second-order valence-electron chi connectivity index (χ2n) is 2.91. The van der Waals surface area contributed by atoms with E-state index in [1.165, 1.54) is 17.2 Å². The van der Waals surface area contributed by atoms with Crippen LogP contribution in [0.15, 0.2) is 30.7 Å². The van der Waals surface area contributed by atoms with E-state index in [2.05, 4.69) is 15.2 Å². The topological polar surface area (TPSA) is 69.9 Å². The highest BCUT2D eigenvalue weighted by atomic mass is 16.5. The molecule has 0 aromatic carbocycles. The first kappa shape index (κ1) is 10.3. The summed E-state index contributed by atoms with van der Waals surface area (Å²) in [5, 5.41) is 7.85. The van der Waals surface area contributed by atoms with Gasteiger partial charge in [0.1, 0.15) is 5.56 Å². The zero-order valence-electron chi connectivity index (χ0n) is 8.70. The molecule has 0 aliphatic carbocycles. The molecule has 82 valence electrons. The summed E-state index contributed by atoms with van der Waals surface area (Å²) in [5.74, 6) is -0.0612. The molecule has 2 heterocycles. The Bertz CT molecular complexity index is 481. The van der Waals surface area contributed by atoms with E-state index in [1.54, 1.807) is 25.3 Å². The zero-order valence-corrected chi connectivity index (χ0v) is 8.70. The largest absolute Gasteiger partial charge is 0.462 e. The normalized spacial score (nSPS) is 10.1. The van der Waals surface area contributed by atoms with Gasteiger partial charge in [-0.2, -0.15) is 10.2 Å². The van der Waals surface area contributed by atoms with Gasteiger partial charge in [0.25, 0.3) is 0 Å². The van der Waals surface area contributed by atoms with Crippen LogP contribution < -0.4 is 0 Å². The van der Waals surface area contributed by atoms with Crippen molar-refractivity contribution in [3.63, 3.8) is 0 Å². The van der Waals surface area contributed by atoms with Gasteiger partial charge in [-0.3, -0.25) is 0 Å². The summed E-state index contributed by atoms with van der Waals surface area (Å²) < 4.78 is 4.92. The third-order valence-electron chi connectivity index (χ3n) is 1.89. The Hall–Kier alpha value is -2.24. The smallest absolute Gasteiger partial charge is 0.342 e. The lowest BCUT2D eigenvalue weighted by atomic mass is 10.2. The van der Waals surface area contributed by atoms with Crippen molar-refractivity contribution in [1.82, 2.24) is 20.0 Å². The van der Waals surface area contributed by atoms with Crippen molar-refractivity contribution in [2.45, 2.75) is 6.92 Å². The number of carbonyl (C=O) groups is 1. The Labute approximate surface area is 91.9 Å². The van der Waals surface area contributed by atoms with E-state index in [0.29, 0.717) is 18.0 Å². The van der Waals surface area contributed by atoms with Crippen LogP contribution in [-0.4, -0.2) is 32.6 Å². The molecule has 0 bridgehead atoms. The molecule has 0 unspecified atom stereocenters. The maximum absolute atomic E-state index is 11.6. The first-order valence-electron chi connectivity index (χ1n) is 4.81. The van der Waals surface area contributed by atoms with Crippen LogP contribution in [0.5, 0.6) is 0 Å². The third-order valence-corrected chi connectivity index (χ3v) is 1.89. The van der Waals surface area contributed by atoms with Gasteiger partial charge in [0, 0.05) is 6.20 Å². The zero-order chi connectivity index (χ0) is 11.4. The minimum absolute atomic E-state index is 0.319. The van der Waals surface area contributed by atoms with E-state index < -0.39 is 5.97 Å². The second kappa shape index (κ2) is 4.52. The Morgan fingerprint density at radius 3 is 2.81 bits per heavy atom. The molecule has 6 nitrogen and oxygen atoms in total. The molecule has 0 amide bonds. The van der Waals surface area contributed by atoms with Gasteiger partial charge in [-0.1, -0.05) is 0 Å². The summed E-state index contributed by atoms with van der Waals surface area (Å²) in [7, 11) is 0. The van der Waals surface area contributed by atoms with E-state index >= 15 is 0 Å². The lowest BCUT2D eigenvalue weighted by molar-refractivity contribution is 0.0525. The summed E-state index contributed by atoms with van der Waals surface area (Å²) >= 11 is 0. The number of esters is 1. The minimum atomic E-state index is -0.428. The minimum Gasteiger partial charge on any atom is -0.462 e. The maximum atomic E-state index is 11.6. The lowest BCUT2D eigenvalue weighted by Gasteiger charge is -2.05. The van der Waals surface area contributed by atoms with Crippen LogP contribution in [0.1, 0.15) is 17.3 Å². The standard InChI is InChI=1S/C10H10N4O2/c1-2-16-10(15)8-4-3-5-11-9(8)14-12-6-7-13-14/h3-7H,2H2,1H3. The first-order valence-corrected chi connectivity index (χ1v) is 4.81. The molecule has 0 saturated carbocycles. The molecule has 0 saturated heterocycles. The summed E-state index contributed by atoms with van der Waals surface area (Å²) in [6.45, 7) is 2.07. The number of aromatic nitrogens is 4. The molecule has 2 aromatic heterocycles. The highest BCUT2D eigenvalue weighted by molar-refractivity contribution is 5.92. The van der Waals surface area contributed by atoms with Crippen molar-refractivity contribution in [2.75, 3.05) is 6.61 Å². The number of carbonyl (C=O) groups excluding carboxylic acids is 1. The molecule has 0 aliphatic rings. The van der Waals surface area contributed by atoms with Gasteiger partial charge in [0.05, 0.1) is 19.0 Å². The molecule has 0 N–H and O–H groups in total. The van der Waals surface area contributed by atoms with Crippen molar-refractivity contribution in [3.05, 3.63) is 36.3 Å². The molecule has 0 aliphatic heterocycles. The highest BCUT2D eigenvalue weighted by Crippen LogP contribution is 2.10. The first-order chi connectivity index (χ1) is 7.83. The highest BCUT2D eigenvalue weighted by Gasteiger charge is 2.15. The van der Waals surface area contributed by atoms with Gasteiger partial charge in [-0.15, -0.1) is 4.80 Å². The van der Waals surface area contributed by atoms with Crippen molar-refractivity contribution in [2.24, 2.45) is 0 Å². The quantitative estimate of drug-likeness (QED) is 0.714. The van der Waals surface area contributed by atoms with Crippen LogP contribution >= 0.6 is 0 Å². The number of nitrogens with zero attached hydrogens (tertiary/aromatic N) is 4. The Morgan fingerprint density at radius 1 is 1.38 bits per heavy atom. The molecule has 2 aromatic rings. The van der Waals surface area contributed by atoms with E-state index in [9.17, 15) is 4.79 Å². The molecular formula is C10H10N4O2. The van der Waals surface area contributed by atoms with Crippen LogP contribution in [0.2, 0.25) is 0 Å². The van der Waals surface area contributed by atoms with Gasteiger partial charge >= 0.3 is 5.97 Å². The van der Waals surface area contributed by atoms with E-state index in [1.807, 2.05) is 0 Å². The molecule has 0 fully saturated rings. The van der Waals surface area contributed by atoms with Gasteiger partial charge in [-0.25, -0.2) is 9.78 Å². The van der Waals surface area contributed by atoms with Crippen molar-refractivity contribution in [1.29, 1.82) is 0 Å². The van der Waals surface area contributed by atoms with Gasteiger partial charge in [0.15, 0.2) is 5.82 Å². The van der Waals surface area contributed by atoms with E-state index in [-0.39, 0.29) is 0 Å². The lowest BCUT2D eigenvalue weighted by Crippen LogP contribution is -2.12. The van der Waals surface area contributed by atoms with E-state index in [0.717, 1.165) is 0 Å². The van der Waals surface area contributed by atoms with Crippen LogP contribution in [0.25, 0.3) is 5.82 Å². The fourth-order valence-corrected chi connectivity index (χ4v) is 1.25. The Morgan fingerprint density at radius 2 is 2.12 bits per heavy atom. The SMILES string of the molecule is CCOC(=O)c1cccnc1-n1nccn1. The number of ether oxygens (including phenoxy) is 1. The average Bonchev–Trinajstić information content (AvgIpc) is 2.83. The van der Waals surface area contributed by atoms with E-state index in [4.69, 9.17) is 4.74 Å². The van der Waals surface area contributed by atoms with Gasteiger partial charge in [-0.05, 0) is 19.1 Å². The van der Waals surface area contributed by atoms with Crippen LogP contribution in [-0.2, 0) is 4.74 Å². The number of pyridine rings is 1. The number of rotatable bonds is 3.